The Labute approximate surface area is 121 Å². The van der Waals surface area contributed by atoms with Gasteiger partial charge >= 0.3 is 0 Å². The number of hydrogen-bond donors (Lipinski definition) is 1. The SMILES string of the molecule is Cc1ccc(C2C(N)CC(=O)N2C2CCCCC2)cc1. The molecule has 0 aromatic heterocycles. The maximum absolute atomic E-state index is 12.4. The highest BCUT2D eigenvalue weighted by Gasteiger charge is 2.42. The van der Waals surface area contributed by atoms with Gasteiger partial charge in [0.2, 0.25) is 5.91 Å². The molecule has 3 nitrogen and oxygen atoms in total. The van der Waals surface area contributed by atoms with Gasteiger partial charge in [0, 0.05) is 18.5 Å². The van der Waals surface area contributed by atoms with E-state index in [1.165, 1.54) is 30.4 Å². The molecule has 3 rings (SSSR count). The van der Waals surface area contributed by atoms with E-state index < -0.39 is 0 Å². The van der Waals surface area contributed by atoms with Crippen molar-refractivity contribution in [2.45, 2.75) is 63.6 Å². The van der Waals surface area contributed by atoms with E-state index in [-0.39, 0.29) is 18.0 Å². The zero-order valence-electron chi connectivity index (χ0n) is 12.2. The van der Waals surface area contributed by atoms with Crippen LogP contribution in [0.4, 0.5) is 0 Å². The summed E-state index contributed by atoms with van der Waals surface area (Å²) in [6, 6.07) is 8.91. The van der Waals surface area contributed by atoms with Gasteiger partial charge in [-0.05, 0) is 25.3 Å². The van der Waals surface area contributed by atoms with Crippen molar-refractivity contribution >= 4 is 5.91 Å². The maximum Gasteiger partial charge on any atom is 0.225 e. The van der Waals surface area contributed by atoms with Crippen LogP contribution in [0, 0.1) is 6.92 Å². The number of carbonyl (C=O) groups is 1. The standard InChI is InChI=1S/C17H24N2O/c1-12-7-9-13(10-8-12)17-15(18)11-16(20)19(17)14-5-3-2-4-6-14/h7-10,14-15,17H,2-6,11,18H2,1H3. The van der Waals surface area contributed by atoms with Crippen molar-refractivity contribution in [1.82, 2.24) is 4.90 Å². The van der Waals surface area contributed by atoms with Gasteiger partial charge in [-0.25, -0.2) is 0 Å². The number of hydrogen-bond acceptors (Lipinski definition) is 2. The maximum atomic E-state index is 12.4. The molecule has 2 N–H and O–H groups in total. The van der Waals surface area contributed by atoms with E-state index in [0.29, 0.717) is 12.5 Å². The second-order valence-electron chi connectivity index (χ2n) is 6.32. The second kappa shape index (κ2) is 5.57. The summed E-state index contributed by atoms with van der Waals surface area (Å²) in [7, 11) is 0. The Morgan fingerprint density at radius 1 is 1.10 bits per heavy atom. The lowest BCUT2D eigenvalue weighted by atomic mass is 9.92. The van der Waals surface area contributed by atoms with Crippen LogP contribution in [0.3, 0.4) is 0 Å². The first kappa shape index (κ1) is 13.6. The van der Waals surface area contributed by atoms with Crippen LogP contribution in [0.25, 0.3) is 0 Å². The fourth-order valence-corrected chi connectivity index (χ4v) is 3.74. The zero-order valence-corrected chi connectivity index (χ0v) is 12.2. The summed E-state index contributed by atoms with van der Waals surface area (Å²) in [4.78, 5) is 14.5. The van der Waals surface area contributed by atoms with E-state index in [9.17, 15) is 4.79 Å². The molecule has 108 valence electrons. The largest absolute Gasteiger partial charge is 0.331 e. The lowest BCUT2D eigenvalue weighted by molar-refractivity contribution is -0.132. The predicted octanol–water partition coefficient (Wildman–Crippen LogP) is 2.93. The number of likely N-dealkylation sites (tertiary alicyclic amines) is 1. The number of carbonyl (C=O) groups excluding carboxylic acids is 1. The Morgan fingerprint density at radius 2 is 1.75 bits per heavy atom. The van der Waals surface area contributed by atoms with E-state index in [0.717, 1.165) is 12.8 Å². The Balaban J connectivity index is 1.88. The normalized spacial score (nSPS) is 28.1. The molecule has 1 heterocycles. The summed E-state index contributed by atoms with van der Waals surface area (Å²) in [6.07, 6.45) is 6.56. The highest BCUT2D eigenvalue weighted by molar-refractivity contribution is 5.80. The molecule has 1 saturated heterocycles. The van der Waals surface area contributed by atoms with Crippen LogP contribution in [-0.4, -0.2) is 22.9 Å². The third kappa shape index (κ3) is 2.47. The first-order chi connectivity index (χ1) is 9.66. The van der Waals surface area contributed by atoms with Gasteiger partial charge in [0.15, 0.2) is 0 Å². The molecule has 2 aliphatic rings. The lowest BCUT2D eigenvalue weighted by Gasteiger charge is -2.37. The third-order valence-corrected chi connectivity index (χ3v) is 4.79. The van der Waals surface area contributed by atoms with Gasteiger partial charge in [-0.2, -0.15) is 0 Å². The van der Waals surface area contributed by atoms with Crippen molar-refractivity contribution in [3.63, 3.8) is 0 Å². The minimum Gasteiger partial charge on any atom is -0.331 e. The Hall–Kier alpha value is -1.35. The molecule has 0 radical (unpaired) electrons. The average Bonchev–Trinajstić information content (AvgIpc) is 2.75. The van der Waals surface area contributed by atoms with Crippen molar-refractivity contribution in [3.05, 3.63) is 35.4 Å². The van der Waals surface area contributed by atoms with Crippen molar-refractivity contribution < 1.29 is 4.79 Å². The van der Waals surface area contributed by atoms with Gasteiger partial charge < -0.3 is 10.6 Å². The van der Waals surface area contributed by atoms with Crippen LogP contribution in [-0.2, 0) is 4.79 Å². The lowest BCUT2D eigenvalue weighted by Crippen LogP contribution is -2.41. The summed E-state index contributed by atoms with van der Waals surface area (Å²) < 4.78 is 0. The number of nitrogens with two attached hydrogens (primary N) is 1. The molecule has 0 spiro atoms. The Kier molecular flexibility index (Phi) is 3.79. The van der Waals surface area contributed by atoms with Crippen LogP contribution in [0.2, 0.25) is 0 Å². The number of aryl methyl sites for hydroxylation is 1. The van der Waals surface area contributed by atoms with Gasteiger partial charge in [0.1, 0.15) is 0 Å². The van der Waals surface area contributed by atoms with Crippen molar-refractivity contribution in [3.8, 4) is 0 Å². The minimum absolute atomic E-state index is 0.0628. The molecule has 1 saturated carbocycles. The van der Waals surface area contributed by atoms with E-state index in [4.69, 9.17) is 5.73 Å². The highest BCUT2D eigenvalue weighted by atomic mass is 16.2. The summed E-state index contributed by atoms with van der Waals surface area (Å²) >= 11 is 0. The van der Waals surface area contributed by atoms with E-state index in [1.807, 2.05) is 0 Å². The third-order valence-electron chi connectivity index (χ3n) is 4.79. The molecule has 1 amide bonds. The van der Waals surface area contributed by atoms with Crippen molar-refractivity contribution in [1.29, 1.82) is 0 Å². The van der Waals surface area contributed by atoms with Crippen molar-refractivity contribution in [2.24, 2.45) is 5.73 Å². The van der Waals surface area contributed by atoms with Crippen LogP contribution in [0.15, 0.2) is 24.3 Å². The summed E-state index contributed by atoms with van der Waals surface area (Å²) in [6.45, 7) is 2.09. The molecule has 1 aromatic rings. The van der Waals surface area contributed by atoms with Crippen LogP contribution in [0.5, 0.6) is 0 Å². The predicted molar refractivity (Wildman–Crippen MR) is 80.2 cm³/mol. The van der Waals surface area contributed by atoms with E-state index in [1.54, 1.807) is 0 Å². The minimum atomic E-state index is -0.0628. The number of amides is 1. The summed E-state index contributed by atoms with van der Waals surface area (Å²) in [5.74, 6) is 0.245. The number of rotatable bonds is 2. The second-order valence-corrected chi connectivity index (χ2v) is 6.32. The molecular weight excluding hydrogens is 248 g/mol. The topological polar surface area (TPSA) is 46.3 Å². The molecule has 1 aliphatic carbocycles. The number of nitrogens with zero attached hydrogens (tertiary/aromatic N) is 1. The highest BCUT2D eigenvalue weighted by Crippen LogP contribution is 2.37. The Morgan fingerprint density at radius 3 is 2.40 bits per heavy atom. The van der Waals surface area contributed by atoms with Gasteiger partial charge in [0.25, 0.3) is 0 Å². The van der Waals surface area contributed by atoms with Crippen molar-refractivity contribution in [2.75, 3.05) is 0 Å². The Bertz CT molecular complexity index is 476. The average molecular weight is 272 g/mol. The fraction of sp³-hybridized carbons (Fsp3) is 0.588. The fourth-order valence-electron chi connectivity index (χ4n) is 3.74. The molecule has 1 aromatic carbocycles. The molecule has 0 bridgehead atoms. The van der Waals surface area contributed by atoms with Crippen LogP contribution >= 0.6 is 0 Å². The van der Waals surface area contributed by atoms with Gasteiger partial charge in [-0.3, -0.25) is 4.79 Å². The quantitative estimate of drug-likeness (QED) is 0.899. The van der Waals surface area contributed by atoms with Gasteiger partial charge in [-0.15, -0.1) is 0 Å². The van der Waals surface area contributed by atoms with Crippen LogP contribution in [0.1, 0.15) is 55.7 Å². The zero-order chi connectivity index (χ0) is 14.1. The van der Waals surface area contributed by atoms with E-state index >= 15 is 0 Å². The molecular formula is C17H24N2O. The molecule has 2 atom stereocenters. The number of benzene rings is 1. The summed E-state index contributed by atoms with van der Waals surface area (Å²) in [5.41, 5.74) is 8.71. The van der Waals surface area contributed by atoms with E-state index in [2.05, 4.69) is 36.1 Å². The molecule has 2 unspecified atom stereocenters. The molecule has 2 fully saturated rings. The van der Waals surface area contributed by atoms with Gasteiger partial charge in [0.05, 0.1) is 6.04 Å². The first-order valence-electron chi connectivity index (χ1n) is 7.80. The first-order valence-corrected chi connectivity index (χ1v) is 7.80. The smallest absolute Gasteiger partial charge is 0.225 e. The monoisotopic (exact) mass is 272 g/mol. The molecule has 20 heavy (non-hydrogen) atoms. The molecule has 1 aliphatic heterocycles. The molecule has 3 heteroatoms. The van der Waals surface area contributed by atoms with Crippen LogP contribution < -0.4 is 5.73 Å². The van der Waals surface area contributed by atoms with Gasteiger partial charge in [-0.1, -0.05) is 49.1 Å². The summed E-state index contributed by atoms with van der Waals surface area (Å²) in [5, 5.41) is 0.